The summed E-state index contributed by atoms with van der Waals surface area (Å²) in [6.45, 7) is 10.1. The minimum Gasteiger partial charge on any atom is -0.496 e. The van der Waals surface area contributed by atoms with Crippen molar-refractivity contribution in [2.24, 2.45) is 0 Å². The Morgan fingerprint density at radius 3 is 2.35 bits per heavy atom. The fourth-order valence-electron chi connectivity index (χ4n) is 5.59. The molecule has 1 heterocycles. The van der Waals surface area contributed by atoms with E-state index in [4.69, 9.17) is 4.74 Å². The molecule has 1 atom stereocenters. The summed E-state index contributed by atoms with van der Waals surface area (Å²) < 4.78 is 32.7. The largest absolute Gasteiger partial charge is 0.496 e. The number of hydrogen-bond acceptors (Lipinski definition) is 5. The third kappa shape index (κ3) is 5.50. The van der Waals surface area contributed by atoms with Crippen molar-refractivity contribution < 1.29 is 22.7 Å². The summed E-state index contributed by atoms with van der Waals surface area (Å²) in [5.74, 6) is 0.334. The lowest BCUT2D eigenvalue weighted by atomic mass is 9.82. The quantitative estimate of drug-likeness (QED) is 0.546. The zero-order chi connectivity index (χ0) is 27.3. The molecule has 0 spiro atoms. The van der Waals surface area contributed by atoms with Crippen LogP contribution in [0.2, 0.25) is 0 Å². The van der Waals surface area contributed by atoms with Crippen LogP contribution in [0.4, 0.5) is 5.69 Å². The molecule has 1 amide bonds. The summed E-state index contributed by atoms with van der Waals surface area (Å²) in [5.41, 5.74) is 4.90. The lowest BCUT2D eigenvalue weighted by molar-refractivity contribution is -0.124. The van der Waals surface area contributed by atoms with Gasteiger partial charge in [0.1, 0.15) is 5.75 Å². The number of hydrogen-bond donors (Lipinski definition) is 1. The molecular formula is C29H36N2O5S. The monoisotopic (exact) mass is 524 g/mol. The number of methoxy groups -OCH3 is 1. The van der Waals surface area contributed by atoms with Gasteiger partial charge in [0, 0.05) is 34.5 Å². The molecule has 0 bridgehead atoms. The van der Waals surface area contributed by atoms with Crippen molar-refractivity contribution in [1.29, 1.82) is 0 Å². The molecule has 0 unspecified atom stereocenters. The number of nitrogens with one attached hydrogen (secondary N) is 1. The van der Waals surface area contributed by atoms with Gasteiger partial charge in [0.2, 0.25) is 15.9 Å². The summed E-state index contributed by atoms with van der Waals surface area (Å²) >= 11 is 0. The third-order valence-corrected chi connectivity index (χ3v) is 8.12. The standard InChI is InChI=1S/C29H36N2O5S/c1-28(2,3)25-16-20(31-13-12-21(32)17-26(31)33)15-23(27(25)36-6)19-8-10-22-18(14-19)9-11-24(22)29(4,5)30-37(7,34)35/h8,10,12-16,24,30H,9,11,17H2,1-7H3/t24-/m0/s1. The van der Waals surface area contributed by atoms with Crippen molar-refractivity contribution >= 4 is 27.4 Å². The van der Waals surface area contributed by atoms with E-state index in [1.165, 1.54) is 29.0 Å². The van der Waals surface area contributed by atoms with Gasteiger partial charge < -0.3 is 4.74 Å². The number of rotatable bonds is 6. The predicted octanol–water partition coefficient (Wildman–Crippen LogP) is 4.84. The second-order valence-electron chi connectivity index (χ2n) is 11.6. The Kier molecular flexibility index (Phi) is 6.88. The second-order valence-corrected chi connectivity index (χ2v) is 13.4. The van der Waals surface area contributed by atoms with Gasteiger partial charge in [-0.1, -0.05) is 39.0 Å². The van der Waals surface area contributed by atoms with Crippen LogP contribution in [-0.4, -0.2) is 39.0 Å². The molecule has 37 heavy (non-hydrogen) atoms. The number of aryl methyl sites for hydroxylation is 1. The van der Waals surface area contributed by atoms with Gasteiger partial charge in [-0.2, -0.15) is 0 Å². The first-order valence-electron chi connectivity index (χ1n) is 12.5. The van der Waals surface area contributed by atoms with E-state index in [1.807, 2.05) is 32.0 Å². The maximum atomic E-state index is 12.7. The molecule has 7 nitrogen and oxygen atoms in total. The SMILES string of the molecule is COc1c(-c2ccc3c(c2)CC[C@@H]3C(C)(C)NS(C)(=O)=O)cc(N2C=CC(=O)CC2=O)cc1C(C)(C)C. The van der Waals surface area contributed by atoms with E-state index in [0.717, 1.165) is 40.8 Å². The molecule has 4 rings (SSSR count). The number of ketones is 1. The van der Waals surface area contributed by atoms with Gasteiger partial charge >= 0.3 is 0 Å². The molecule has 0 saturated carbocycles. The van der Waals surface area contributed by atoms with Crippen molar-refractivity contribution in [3.8, 4) is 16.9 Å². The highest BCUT2D eigenvalue weighted by molar-refractivity contribution is 7.88. The van der Waals surface area contributed by atoms with Crippen molar-refractivity contribution in [3.63, 3.8) is 0 Å². The smallest absolute Gasteiger partial charge is 0.238 e. The van der Waals surface area contributed by atoms with Gasteiger partial charge in [0.15, 0.2) is 5.78 Å². The lowest BCUT2D eigenvalue weighted by Gasteiger charge is -2.32. The molecule has 0 fully saturated rings. The minimum absolute atomic E-state index is 0.0540. The van der Waals surface area contributed by atoms with Crippen LogP contribution >= 0.6 is 0 Å². The van der Waals surface area contributed by atoms with Gasteiger partial charge in [-0.3, -0.25) is 14.5 Å². The summed E-state index contributed by atoms with van der Waals surface area (Å²) in [4.78, 5) is 26.0. The molecule has 0 radical (unpaired) electrons. The normalized spacial score (nSPS) is 18.4. The van der Waals surface area contributed by atoms with E-state index in [0.29, 0.717) is 5.69 Å². The third-order valence-electron chi connectivity index (χ3n) is 7.22. The minimum atomic E-state index is -3.35. The van der Waals surface area contributed by atoms with Crippen molar-refractivity contribution in [1.82, 2.24) is 4.72 Å². The van der Waals surface area contributed by atoms with E-state index in [1.54, 1.807) is 7.11 Å². The Hall–Kier alpha value is -2.97. The molecule has 2 aromatic carbocycles. The number of nitrogens with zero attached hydrogens (tertiary/aromatic N) is 1. The van der Waals surface area contributed by atoms with Gasteiger partial charge in [0.05, 0.1) is 19.8 Å². The number of benzene rings is 2. The Labute approximate surface area is 219 Å². The molecule has 8 heteroatoms. The first kappa shape index (κ1) is 27.1. The lowest BCUT2D eigenvalue weighted by Crippen LogP contribution is -2.46. The maximum Gasteiger partial charge on any atom is 0.238 e. The first-order valence-corrected chi connectivity index (χ1v) is 14.4. The highest BCUT2D eigenvalue weighted by Gasteiger charge is 2.38. The highest BCUT2D eigenvalue weighted by atomic mass is 32.2. The van der Waals surface area contributed by atoms with Crippen LogP contribution in [-0.2, 0) is 31.4 Å². The Morgan fingerprint density at radius 1 is 1.05 bits per heavy atom. The molecule has 0 saturated heterocycles. The van der Waals surface area contributed by atoms with Gasteiger partial charge in [0.25, 0.3) is 0 Å². The molecule has 1 aliphatic carbocycles. The summed E-state index contributed by atoms with van der Waals surface area (Å²) in [6.07, 6.45) is 5.70. The Bertz CT molecular complexity index is 1400. The highest BCUT2D eigenvalue weighted by Crippen LogP contribution is 2.46. The number of carbonyl (C=O) groups excluding carboxylic acids is 2. The van der Waals surface area contributed by atoms with Gasteiger partial charge in [-0.25, -0.2) is 13.1 Å². The van der Waals surface area contributed by atoms with Gasteiger partial charge in [-0.15, -0.1) is 0 Å². The second kappa shape index (κ2) is 9.40. The Morgan fingerprint density at radius 2 is 1.76 bits per heavy atom. The van der Waals surface area contributed by atoms with Crippen LogP contribution in [0, 0.1) is 0 Å². The van der Waals surface area contributed by atoms with Crippen LogP contribution in [0.25, 0.3) is 11.1 Å². The summed E-state index contributed by atoms with van der Waals surface area (Å²) in [7, 11) is -1.70. The van der Waals surface area contributed by atoms with Crippen LogP contribution in [0.1, 0.15) is 70.1 Å². The fraction of sp³-hybridized carbons (Fsp3) is 0.448. The van der Waals surface area contributed by atoms with E-state index in [-0.39, 0.29) is 29.4 Å². The number of anilines is 1. The average Bonchev–Trinajstić information content (AvgIpc) is 3.20. The molecular weight excluding hydrogens is 488 g/mol. The van der Waals surface area contributed by atoms with Crippen LogP contribution < -0.4 is 14.4 Å². The molecule has 0 aromatic heterocycles. The number of fused-ring (bicyclic) bond motifs is 1. The average molecular weight is 525 g/mol. The number of allylic oxidation sites excluding steroid dienone is 1. The fourth-order valence-corrected chi connectivity index (χ4v) is 6.69. The maximum absolute atomic E-state index is 12.7. The van der Waals surface area contributed by atoms with Gasteiger partial charge in [-0.05, 0) is 67.0 Å². The number of amides is 1. The zero-order valence-electron chi connectivity index (χ0n) is 22.6. The van der Waals surface area contributed by atoms with E-state index in [2.05, 4.69) is 37.6 Å². The van der Waals surface area contributed by atoms with Crippen LogP contribution in [0.15, 0.2) is 42.6 Å². The topological polar surface area (TPSA) is 92.8 Å². The number of sulfonamides is 1. The molecule has 1 N–H and O–H groups in total. The van der Waals surface area contributed by atoms with E-state index >= 15 is 0 Å². The van der Waals surface area contributed by atoms with E-state index in [9.17, 15) is 18.0 Å². The molecule has 2 aliphatic rings. The molecule has 1 aliphatic heterocycles. The Balaban J connectivity index is 1.83. The van der Waals surface area contributed by atoms with Crippen LogP contribution in [0.5, 0.6) is 5.75 Å². The predicted molar refractivity (Wildman–Crippen MR) is 147 cm³/mol. The summed E-state index contributed by atoms with van der Waals surface area (Å²) in [6, 6.07) is 10.2. The van der Waals surface area contributed by atoms with Crippen molar-refractivity contribution in [2.75, 3.05) is 18.3 Å². The van der Waals surface area contributed by atoms with E-state index < -0.39 is 15.6 Å². The summed E-state index contributed by atoms with van der Waals surface area (Å²) in [5, 5.41) is 0. The molecule has 2 aromatic rings. The van der Waals surface area contributed by atoms with Crippen LogP contribution in [0.3, 0.4) is 0 Å². The number of ether oxygens (including phenoxy) is 1. The first-order chi connectivity index (χ1) is 17.1. The molecule has 198 valence electrons. The van der Waals surface area contributed by atoms with Crippen molar-refractivity contribution in [2.45, 2.75) is 70.8 Å². The van der Waals surface area contributed by atoms with Crippen molar-refractivity contribution in [3.05, 3.63) is 59.3 Å². The zero-order valence-corrected chi connectivity index (χ0v) is 23.5. The number of carbonyl (C=O) groups is 2.